The van der Waals surface area contributed by atoms with Crippen LogP contribution in [0.5, 0.6) is 0 Å². The SMILES string of the molecule is Cc1ccc(-c2cc(-c3ccccc3I)oc2-c2ccccc2)cc1. The van der Waals surface area contributed by atoms with Gasteiger partial charge >= 0.3 is 0 Å². The topological polar surface area (TPSA) is 13.1 Å². The first-order valence-electron chi connectivity index (χ1n) is 8.23. The molecule has 1 nitrogen and oxygen atoms in total. The number of halogens is 1. The van der Waals surface area contributed by atoms with Crippen LogP contribution in [0.15, 0.2) is 89.3 Å². The molecule has 2 heteroatoms. The molecule has 1 heterocycles. The molecule has 0 radical (unpaired) electrons. The molecule has 0 saturated heterocycles. The molecule has 0 atom stereocenters. The van der Waals surface area contributed by atoms with E-state index in [0.717, 1.165) is 28.2 Å². The van der Waals surface area contributed by atoms with Crippen LogP contribution in [0.25, 0.3) is 33.8 Å². The van der Waals surface area contributed by atoms with Gasteiger partial charge in [-0.05, 0) is 47.2 Å². The van der Waals surface area contributed by atoms with E-state index in [2.05, 4.69) is 84.1 Å². The molecule has 0 spiro atoms. The Bertz CT molecular complexity index is 998. The third-order valence-electron chi connectivity index (χ3n) is 4.27. The Balaban J connectivity index is 1.92. The van der Waals surface area contributed by atoms with E-state index in [1.165, 1.54) is 14.7 Å². The highest BCUT2D eigenvalue weighted by Gasteiger charge is 2.17. The minimum atomic E-state index is 0.902. The first kappa shape index (κ1) is 16.2. The number of rotatable bonds is 3. The standard InChI is InChI=1S/C23H17IO/c1-16-11-13-17(14-12-16)20-15-22(19-9-5-6-10-21(19)24)25-23(20)18-7-3-2-4-8-18/h2-15H,1H3. The molecule has 0 unspecified atom stereocenters. The summed E-state index contributed by atoms with van der Waals surface area (Å²) in [4.78, 5) is 0. The average Bonchev–Trinajstić information content (AvgIpc) is 3.08. The van der Waals surface area contributed by atoms with Crippen LogP contribution in [-0.4, -0.2) is 0 Å². The summed E-state index contributed by atoms with van der Waals surface area (Å²) in [6.07, 6.45) is 0. The summed E-state index contributed by atoms with van der Waals surface area (Å²) in [5.41, 5.74) is 5.77. The van der Waals surface area contributed by atoms with Crippen molar-refractivity contribution < 1.29 is 4.42 Å². The minimum absolute atomic E-state index is 0.902. The lowest BCUT2D eigenvalue weighted by Crippen LogP contribution is -1.80. The van der Waals surface area contributed by atoms with E-state index in [0.29, 0.717) is 0 Å². The smallest absolute Gasteiger partial charge is 0.142 e. The van der Waals surface area contributed by atoms with Gasteiger partial charge in [0.2, 0.25) is 0 Å². The first-order chi connectivity index (χ1) is 12.2. The van der Waals surface area contributed by atoms with Crippen molar-refractivity contribution in [2.45, 2.75) is 6.92 Å². The van der Waals surface area contributed by atoms with Crippen LogP contribution in [0.3, 0.4) is 0 Å². The fourth-order valence-electron chi connectivity index (χ4n) is 2.94. The summed E-state index contributed by atoms with van der Waals surface area (Å²) < 4.78 is 7.53. The highest BCUT2D eigenvalue weighted by atomic mass is 127. The van der Waals surface area contributed by atoms with Crippen LogP contribution in [-0.2, 0) is 0 Å². The summed E-state index contributed by atoms with van der Waals surface area (Å²) in [6, 6.07) is 29.4. The van der Waals surface area contributed by atoms with Gasteiger partial charge < -0.3 is 4.42 Å². The maximum absolute atomic E-state index is 6.35. The van der Waals surface area contributed by atoms with Crippen molar-refractivity contribution >= 4 is 22.6 Å². The maximum Gasteiger partial charge on any atom is 0.142 e. The molecule has 0 aliphatic rings. The van der Waals surface area contributed by atoms with Gasteiger partial charge in [-0.3, -0.25) is 0 Å². The van der Waals surface area contributed by atoms with Crippen molar-refractivity contribution in [3.8, 4) is 33.8 Å². The molecule has 122 valence electrons. The van der Waals surface area contributed by atoms with Gasteiger partial charge in [0.05, 0.1) is 0 Å². The van der Waals surface area contributed by atoms with Crippen molar-refractivity contribution in [1.82, 2.24) is 0 Å². The molecule has 4 rings (SSSR count). The number of aryl methyl sites for hydroxylation is 1. The van der Waals surface area contributed by atoms with Gasteiger partial charge in [-0.25, -0.2) is 0 Å². The van der Waals surface area contributed by atoms with Gasteiger partial charge in [0.15, 0.2) is 0 Å². The predicted molar refractivity (Wildman–Crippen MR) is 112 cm³/mol. The molecule has 0 fully saturated rings. The van der Waals surface area contributed by atoms with Gasteiger partial charge in [0, 0.05) is 20.3 Å². The third-order valence-corrected chi connectivity index (χ3v) is 5.21. The molecule has 0 bridgehead atoms. The van der Waals surface area contributed by atoms with Crippen LogP contribution in [0, 0.1) is 10.5 Å². The second-order valence-corrected chi connectivity index (χ2v) is 7.23. The van der Waals surface area contributed by atoms with Crippen molar-refractivity contribution in [2.24, 2.45) is 0 Å². The maximum atomic E-state index is 6.35. The fourth-order valence-corrected chi connectivity index (χ4v) is 3.59. The molecule has 25 heavy (non-hydrogen) atoms. The normalized spacial score (nSPS) is 10.8. The lowest BCUT2D eigenvalue weighted by atomic mass is 10.0. The van der Waals surface area contributed by atoms with Crippen LogP contribution in [0.1, 0.15) is 5.56 Å². The summed E-state index contributed by atoms with van der Waals surface area (Å²) in [6.45, 7) is 2.11. The first-order valence-corrected chi connectivity index (χ1v) is 9.31. The van der Waals surface area contributed by atoms with E-state index in [1.807, 2.05) is 30.3 Å². The zero-order valence-corrected chi connectivity index (χ0v) is 16.0. The summed E-state index contributed by atoms with van der Waals surface area (Å²) in [5.74, 6) is 1.82. The lowest BCUT2D eigenvalue weighted by molar-refractivity contribution is 0.597. The Hall–Kier alpha value is -2.33. The Kier molecular flexibility index (Phi) is 4.45. The molecule has 0 aliphatic carbocycles. The summed E-state index contributed by atoms with van der Waals surface area (Å²) >= 11 is 2.36. The van der Waals surface area contributed by atoms with E-state index in [9.17, 15) is 0 Å². The average molecular weight is 436 g/mol. The second kappa shape index (κ2) is 6.89. The molecule has 0 amide bonds. The van der Waals surface area contributed by atoms with E-state index >= 15 is 0 Å². The van der Waals surface area contributed by atoms with E-state index in [4.69, 9.17) is 4.42 Å². The number of hydrogen-bond acceptors (Lipinski definition) is 1. The molecule has 0 saturated carbocycles. The molecular formula is C23H17IO. The van der Waals surface area contributed by atoms with Crippen LogP contribution in [0.2, 0.25) is 0 Å². The van der Waals surface area contributed by atoms with Gasteiger partial charge in [0.25, 0.3) is 0 Å². The van der Waals surface area contributed by atoms with E-state index in [-0.39, 0.29) is 0 Å². The summed E-state index contributed by atoms with van der Waals surface area (Å²) in [7, 11) is 0. The molecule has 3 aromatic carbocycles. The van der Waals surface area contributed by atoms with Gasteiger partial charge in [0.1, 0.15) is 11.5 Å². The highest BCUT2D eigenvalue weighted by molar-refractivity contribution is 14.1. The Morgan fingerprint density at radius 3 is 2.08 bits per heavy atom. The third kappa shape index (κ3) is 3.27. The fraction of sp³-hybridized carbons (Fsp3) is 0.0435. The molecule has 1 aromatic heterocycles. The predicted octanol–water partition coefficient (Wildman–Crippen LogP) is 7.19. The quantitative estimate of drug-likeness (QED) is 0.310. The van der Waals surface area contributed by atoms with Gasteiger partial charge in [-0.2, -0.15) is 0 Å². The van der Waals surface area contributed by atoms with E-state index in [1.54, 1.807) is 0 Å². The van der Waals surface area contributed by atoms with Crippen molar-refractivity contribution in [3.05, 3.63) is 94.1 Å². The minimum Gasteiger partial charge on any atom is -0.455 e. The zero-order chi connectivity index (χ0) is 17.2. The monoisotopic (exact) mass is 436 g/mol. The Labute approximate surface area is 161 Å². The van der Waals surface area contributed by atoms with Crippen molar-refractivity contribution in [2.75, 3.05) is 0 Å². The molecule has 0 N–H and O–H groups in total. The van der Waals surface area contributed by atoms with E-state index < -0.39 is 0 Å². The Morgan fingerprint density at radius 1 is 0.680 bits per heavy atom. The zero-order valence-electron chi connectivity index (χ0n) is 13.9. The lowest BCUT2D eigenvalue weighted by Gasteiger charge is -2.03. The highest BCUT2D eigenvalue weighted by Crippen LogP contribution is 2.39. The van der Waals surface area contributed by atoms with Gasteiger partial charge in [-0.15, -0.1) is 0 Å². The summed E-state index contributed by atoms with van der Waals surface area (Å²) in [5, 5.41) is 0. The number of furan rings is 1. The van der Waals surface area contributed by atoms with Crippen molar-refractivity contribution in [1.29, 1.82) is 0 Å². The van der Waals surface area contributed by atoms with Crippen molar-refractivity contribution in [3.63, 3.8) is 0 Å². The van der Waals surface area contributed by atoms with Crippen LogP contribution >= 0.6 is 22.6 Å². The number of hydrogen-bond donors (Lipinski definition) is 0. The Morgan fingerprint density at radius 2 is 1.36 bits per heavy atom. The molecule has 0 aliphatic heterocycles. The second-order valence-electron chi connectivity index (χ2n) is 6.07. The largest absolute Gasteiger partial charge is 0.455 e. The van der Waals surface area contributed by atoms with Gasteiger partial charge in [-0.1, -0.05) is 78.4 Å². The number of benzene rings is 3. The molecular weight excluding hydrogens is 419 g/mol. The van der Waals surface area contributed by atoms with Crippen LogP contribution in [0.4, 0.5) is 0 Å². The molecule has 4 aromatic rings. The van der Waals surface area contributed by atoms with Crippen LogP contribution < -0.4 is 0 Å².